The van der Waals surface area contributed by atoms with E-state index in [1.807, 2.05) is 55.4 Å². The van der Waals surface area contributed by atoms with E-state index in [0.29, 0.717) is 37.8 Å². The third kappa shape index (κ3) is 5.88. The van der Waals surface area contributed by atoms with Crippen LogP contribution in [0.1, 0.15) is 102 Å². The van der Waals surface area contributed by atoms with Crippen LogP contribution in [0.2, 0.25) is 0 Å². The lowest BCUT2D eigenvalue weighted by Gasteiger charge is -2.28. The predicted octanol–water partition coefficient (Wildman–Crippen LogP) is 5.03. The molecular formula is C21H36O6. The van der Waals surface area contributed by atoms with Crippen LogP contribution in [0.4, 0.5) is 0 Å². The van der Waals surface area contributed by atoms with Crippen LogP contribution in [0.5, 0.6) is 0 Å². The zero-order chi connectivity index (χ0) is 20.6. The van der Waals surface area contributed by atoms with Crippen LogP contribution in [0, 0.1) is 0 Å². The fourth-order valence-electron chi connectivity index (χ4n) is 3.47. The smallest absolute Gasteiger partial charge is 0.342 e. The van der Waals surface area contributed by atoms with Gasteiger partial charge in [-0.05, 0) is 55.4 Å². The van der Waals surface area contributed by atoms with E-state index in [-0.39, 0.29) is 18.3 Å². The Hall–Kier alpha value is -1.21. The Morgan fingerprint density at radius 3 is 1.44 bits per heavy atom. The molecule has 4 unspecified atom stereocenters. The Labute approximate surface area is 163 Å². The molecule has 0 N–H and O–H groups in total. The lowest BCUT2D eigenvalue weighted by Crippen LogP contribution is -2.25. The average Bonchev–Trinajstić information content (AvgIpc) is 2.61. The lowest BCUT2D eigenvalue weighted by molar-refractivity contribution is 0.0307. The molecule has 0 amide bonds. The van der Waals surface area contributed by atoms with E-state index in [1.54, 1.807) is 0 Å². The second kappa shape index (κ2) is 11.6. The van der Waals surface area contributed by atoms with Gasteiger partial charge in [0.2, 0.25) is 0 Å². The van der Waals surface area contributed by atoms with Gasteiger partial charge in [0.1, 0.15) is 11.9 Å². The minimum absolute atomic E-state index is 0.275. The summed E-state index contributed by atoms with van der Waals surface area (Å²) in [5.41, 5.74) is 1.69. The van der Waals surface area contributed by atoms with Gasteiger partial charge in [-0.3, -0.25) is 0 Å². The molecule has 0 spiro atoms. The highest BCUT2D eigenvalue weighted by Gasteiger charge is 2.32. The first kappa shape index (κ1) is 23.8. The molecule has 0 aliphatic heterocycles. The highest BCUT2D eigenvalue weighted by molar-refractivity contribution is 5.40. The van der Waals surface area contributed by atoms with Crippen molar-refractivity contribution in [2.24, 2.45) is 0 Å². The van der Waals surface area contributed by atoms with Gasteiger partial charge >= 0.3 is 5.63 Å². The summed E-state index contributed by atoms with van der Waals surface area (Å²) < 4.78 is 29.0. The SMILES string of the molecule is CCOC(C)c1oc(=O)c(C(C)OCC)c(C(C)OCC)c1C(C)OCC. The Morgan fingerprint density at radius 1 is 0.630 bits per heavy atom. The molecule has 0 aliphatic carbocycles. The van der Waals surface area contributed by atoms with Gasteiger partial charge < -0.3 is 23.4 Å². The standard InChI is InChI=1S/C21H36O6/c1-9-23-13(5)17-18(14(6)24-10-2)20(16(8)26-12-4)27-21(22)19(17)15(7)25-11-3/h13-16H,9-12H2,1-8H3. The highest BCUT2D eigenvalue weighted by atomic mass is 16.5. The average molecular weight is 385 g/mol. The molecule has 1 heterocycles. The second-order valence-electron chi connectivity index (χ2n) is 6.39. The van der Waals surface area contributed by atoms with Crippen molar-refractivity contribution in [1.82, 2.24) is 0 Å². The van der Waals surface area contributed by atoms with E-state index >= 15 is 0 Å². The van der Waals surface area contributed by atoms with Gasteiger partial charge in [-0.2, -0.15) is 0 Å². The monoisotopic (exact) mass is 384 g/mol. The maximum Gasteiger partial charge on any atom is 0.342 e. The first-order valence-corrected chi connectivity index (χ1v) is 10.0. The van der Waals surface area contributed by atoms with Gasteiger partial charge in [0.15, 0.2) is 0 Å². The summed E-state index contributed by atoms with van der Waals surface area (Å²) in [4.78, 5) is 12.9. The van der Waals surface area contributed by atoms with Crippen LogP contribution in [0.3, 0.4) is 0 Å². The van der Waals surface area contributed by atoms with Crippen LogP contribution < -0.4 is 5.63 Å². The quantitative estimate of drug-likeness (QED) is 0.503. The Balaban J connectivity index is 3.80. The lowest BCUT2D eigenvalue weighted by atomic mass is 9.91. The predicted molar refractivity (Wildman–Crippen MR) is 105 cm³/mol. The van der Waals surface area contributed by atoms with Crippen LogP contribution in [0.15, 0.2) is 9.21 Å². The van der Waals surface area contributed by atoms with Crippen molar-refractivity contribution in [3.05, 3.63) is 32.9 Å². The fraction of sp³-hybridized carbons (Fsp3) is 0.762. The molecule has 0 aliphatic rings. The van der Waals surface area contributed by atoms with Crippen molar-refractivity contribution in [3.8, 4) is 0 Å². The molecule has 0 fully saturated rings. The molecule has 0 bridgehead atoms. The van der Waals surface area contributed by atoms with Crippen LogP contribution >= 0.6 is 0 Å². The van der Waals surface area contributed by atoms with Gasteiger partial charge in [0.25, 0.3) is 0 Å². The van der Waals surface area contributed by atoms with E-state index in [0.717, 1.165) is 11.1 Å². The van der Waals surface area contributed by atoms with Crippen molar-refractivity contribution in [2.75, 3.05) is 26.4 Å². The van der Waals surface area contributed by atoms with E-state index < -0.39 is 11.7 Å². The molecule has 4 atom stereocenters. The second-order valence-corrected chi connectivity index (χ2v) is 6.39. The first-order valence-electron chi connectivity index (χ1n) is 10.0. The maximum atomic E-state index is 12.9. The maximum absolute atomic E-state index is 12.9. The number of ether oxygens (including phenoxy) is 4. The van der Waals surface area contributed by atoms with Crippen molar-refractivity contribution >= 4 is 0 Å². The summed E-state index contributed by atoms with van der Waals surface area (Å²) in [6.07, 6.45) is -1.36. The normalized spacial score (nSPS) is 16.1. The van der Waals surface area contributed by atoms with Gasteiger partial charge in [-0.1, -0.05) is 0 Å². The van der Waals surface area contributed by atoms with Crippen molar-refractivity contribution in [1.29, 1.82) is 0 Å². The summed E-state index contributed by atoms with van der Waals surface area (Å²) in [7, 11) is 0. The van der Waals surface area contributed by atoms with E-state index in [4.69, 9.17) is 23.4 Å². The van der Waals surface area contributed by atoms with Crippen molar-refractivity contribution in [3.63, 3.8) is 0 Å². The van der Waals surface area contributed by atoms with Crippen LogP contribution in [0.25, 0.3) is 0 Å². The molecule has 6 heteroatoms. The number of hydrogen-bond donors (Lipinski definition) is 0. The molecule has 27 heavy (non-hydrogen) atoms. The number of hydrogen-bond acceptors (Lipinski definition) is 6. The minimum atomic E-state index is -0.411. The largest absolute Gasteiger partial charge is 0.424 e. The van der Waals surface area contributed by atoms with Crippen molar-refractivity contribution in [2.45, 2.75) is 79.8 Å². The van der Waals surface area contributed by atoms with Crippen molar-refractivity contribution < 1.29 is 23.4 Å². The molecule has 0 saturated heterocycles. The van der Waals surface area contributed by atoms with Gasteiger partial charge in [-0.15, -0.1) is 0 Å². The minimum Gasteiger partial charge on any atom is -0.424 e. The summed E-state index contributed by atoms with van der Waals surface area (Å²) >= 11 is 0. The fourth-order valence-corrected chi connectivity index (χ4v) is 3.47. The number of rotatable bonds is 12. The molecule has 1 rings (SSSR count). The first-order chi connectivity index (χ1) is 12.8. The molecule has 1 aromatic heterocycles. The molecule has 0 saturated carbocycles. The Morgan fingerprint density at radius 2 is 1.00 bits per heavy atom. The highest BCUT2D eigenvalue weighted by Crippen LogP contribution is 2.38. The van der Waals surface area contributed by atoms with Crippen LogP contribution in [-0.2, 0) is 18.9 Å². The third-order valence-corrected chi connectivity index (χ3v) is 4.52. The summed E-state index contributed by atoms with van der Waals surface area (Å²) in [5.74, 6) is 0.497. The van der Waals surface area contributed by atoms with Gasteiger partial charge in [-0.25, -0.2) is 4.79 Å². The van der Waals surface area contributed by atoms with E-state index in [1.165, 1.54) is 0 Å². The molecular weight excluding hydrogens is 348 g/mol. The Kier molecular flexibility index (Phi) is 10.2. The molecule has 1 aromatic rings. The van der Waals surface area contributed by atoms with E-state index in [2.05, 4.69) is 0 Å². The van der Waals surface area contributed by atoms with Gasteiger partial charge in [0, 0.05) is 37.6 Å². The summed E-state index contributed by atoms with van der Waals surface area (Å²) in [6.45, 7) is 17.4. The van der Waals surface area contributed by atoms with Crippen LogP contribution in [-0.4, -0.2) is 26.4 Å². The topological polar surface area (TPSA) is 67.1 Å². The molecule has 6 nitrogen and oxygen atoms in total. The summed E-state index contributed by atoms with van der Waals surface area (Å²) in [6, 6.07) is 0. The third-order valence-electron chi connectivity index (χ3n) is 4.52. The van der Waals surface area contributed by atoms with E-state index in [9.17, 15) is 4.79 Å². The molecule has 0 radical (unpaired) electrons. The summed E-state index contributed by atoms with van der Waals surface area (Å²) in [5, 5.41) is 0. The zero-order valence-corrected chi connectivity index (χ0v) is 18.1. The molecule has 156 valence electrons. The van der Waals surface area contributed by atoms with Gasteiger partial charge in [0.05, 0.1) is 23.9 Å². The molecule has 0 aromatic carbocycles. The Bertz CT molecular complexity index is 624. The zero-order valence-electron chi connectivity index (χ0n) is 18.1.